The molecule has 1 aromatic heterocycles. The molecule has 0 aromatic carbocycles. The Morgan fingerprint density at radius 2 is 2.05 bits per heavy atom. The largest absolute Gasteiger partial charge is 0.474 e. The van der Waals surface area contributed by atoms with Crippen molar-refractivity contribution in [2.75, 3.05) is 19.6 Å². The number of aromatic nitrogens is 1. The maximum atomic E-state index is 8.72. The summed E-state index contributed by atoms with van der Waals surface area (Å²) in [4.78, 5) is 6.72. The fraction of sp³-hybridized carbons (Fsp3) is 0.600. The molecule has 1 aliphatic carbocycles. The van der Waals surface area contributed by atoms with Crippen molar-refractivity contribution in [3.05, 3.63) is 23.9 Å². The van der Waals surface area contributed by atoms with Gasteiger partial charge in [-0.05, 0) is 37.7 Å². The summed E-state index contributed by atoms with van der Waals surface area (Å²) in [7, 11) is 0. The second-order valence-corrected chi connectivity index (χ2v) is 5.56. The Morgan fingerprint density at radius 3 is 2.63 bits per heavy atom. The number of pyridine rings is 1. The SMILES string of the molecule is N#Cc1ccc(OC2CCN(CC3CC3)CC2)nc1. The van der Waals surface area contributed by atoms with E-state index < -0.39 is 0 Å². The number of ether oxygens (including phenoxy) is 1. The van der Waals surface area contributed by atoms with Crippen LogP contribution in [0.3, 0.4) is 0 Å². The Morgan fingerprint density at radius 1 is 1.26 bits per heavy atom. The average Bonchev–Trinajstić information content (AvgIpc) is 3.26. The molecular weight excluding hydrogens is 238 g/mol. The Kier molecular flexibility index (Phi) is 3.65. The van der Waals surface area contributed by atoms with E-state index in [1.807, 2.05) is 0 Å². The van der Waals surface area contributed by atoms with E-state index in [2.05, 4.69) is 16.0 Å². The van der Waals surface area contributed by atoms with Crippen LogP contribution in [0.1, 0.15) is 31.2 Å². The molecule has 0 spiro atoms. The third kappa shape index (κ3) is 3.45. The van der Waals surface area contributed by atoms with Crippen LogP contribution in [0.5, 0.6) is 5.88 Å². The zero-order valence-electron chi connectivity index (χ0n) is 11.1. The molecule has 0 N–H and O–H groups in total. The maximum absolute atomic E-state index is 8.72. The minimum Gasteiger partial charge on any atom is -0.474 e. The molecule has 1 saturated heterocycles. The topological polar surface area (TPSA) is 49.1 Å². The lowest BCUT2D eigenvalue weighted by molar-refractivity contribution is 0.0944. The summed E-state index contributed by atoms with van der Waals surface area (Å²) in [6.45, 7) is 3.55. The van der Waals surface area contributed by atoms with E-state index in [0.29, 0.717) is 11.4 Å². The number of hydrogen-bond donors (Lipinski definition) is 0. The van der Waals surface area contributed by atoms with Gasteiger partial charge in [-0.25, -0.2) is 4.98 Å². The summed E-state index contributed by atoms with van der Waals surface area (Å²) in [5.41, 5.74) is 0.576. The van der Waals surface area contributed by atoms with Crippen LogP contribution in [0, 0.1) is 17.2 Å². The number of nitrogens with zero attached hydrogens (tertiary/aromatic N) is 3. The minimum atomic E-state index is 0.274. The zero-order valence-corrected chi connectivity index (χ0v) is 11.1. The number of rotatable bonds is 4. The summed E-state index contributed by atoms with van der Waals surface area (Å²) in [6, 6.07) is 5.60. The molecule has 19 heavy (non-hydrogen) atoms. The van der Waals surface area contributed by atoms with Crippen LogP contribution in [0.25, 0.3) is 0 Å². The summed E-state index contributed by atoms with van der Waals surface area (Å²) in [5.74, 6) is 1.61. The number of piperidine rings is 1. The molecule has 0 bridgehead atoms. The molecule has 1 aromatic rings. The molecule has 4 nitrogen and oxygen atoms in total. The third-order valence-corrected chi connectivity index (χ3v) is 3.90. The van der Waals surface area contributed by atoms with Gasteiger partial charge >= 0.3 is 0 Å². The first-order chi connectivity index (χ1) is 9.33. The van der Waals surface area contributed by atoms with E-state index in [0.717, 1.165) is 31.8 Å². The fourth-order valence-electron chi connectivity index (χ4n) is 2.56. The molecule has 1 saturated carbocycles. The molecule has 0 unspecified atom stereocenters. The fourth-order valence-corrected chi connectivity index (χ4v) is 2.56. The van der Waals surface area contributed by atoms with Crippen molar-refractivity contribution in [3.8, 4) is 11.9 Å². The van der Waals surface area contributed by atoms with Crippen LogP contribution in [-0.2, 0) is 0 Å². The van der Waals surface area contributed by atoms with Gasteiger partial charge in [0.2, 0.25) is 5.88 Å². The number of nitriles is 1. The maximum Gasteiger partial charge on any atom is 0.213 e. The van der Waals surface area contributed by atoms with Crippen LogP contribution in [0.4, 0.5) is 0 Å². The summed E-state index contributed by atoms with van der Waals surface area (Å²) in [6.07, 6.45) is 6.84. The first kappa shape index (κ1) is 12.4. The Bertz CT molecular complexity index is 453. The molecule has 2 aliphatic rings. The Hall–Kier alpha value is -1.60. The molecule has 3 rings (SSSR count). The van der Waals surface area contributed by atoms with E-state index in [-0.39, 0.29) is 6.10 Å². The van der Waals surface area contributed by atoms with Gasteiger partial charge in [-0.3, -0.25) is 0 Å². The highest BCUT2D eigenvalue weighted by atomic mass is 16.5. The van der Waals surface area contributed by atoms with Crippen molar-refractivity contribution in [1.29, 1.82) is 5.26 Å². The van der Waals surface area contributed by atoms with Crippen molar-refractivity contribution in [1.82, 2.24) is 9.88 Å². The highest BCUT2D eigenvalue weighted by Crippen LogP contribution is 2.30. The molecular formula is C15H19N3O. The highest BCUT2D eigenvalue weighted by Gasteiger charge is 2.27. The average molecular weight is 257 g/mol. The molecule has 100 valence electrons. The molecule has 0 radical (unpaired) electrons. The smallest absolute Gasteiger partial charge is 0.213 e. The van der Waals surface area contributed by atoms with Gasteiger partial charge in [0.25, 0.3) is 0 Å². The van der Waals surface area contributed by atoms with E-state index >= 15 is 0 Å². The van der Waals surface area contributed by atoms with Crippen LogP contribution < -0.4 is 4.74 Å². The Labute approximate surface area is 114 Å². The zero-order chi connectivity index (χ0) is 13.1. The van der Waals surface area contributed by atoms with Gasteiger partial charge in [-0.2, -0.15) is 5.26 Å². The van der Waals surface area contributed by atoms with Gasteiger partial charge < -0.3 is 9.64 Å². The van der Waals surface area contributed by atoms with Gasteiger partial charge in [-0.1, -0.05) is 0 Å². The summed E-state index contributed by atoms with van der Waals surface area (Å²) >= 11 is 0. The highest BCUT2D eigenvalue weighted by molar-refractivity contribution is 5.28. The van der Waals surface area contributed by atoms with Crippen molar-refractivity contribution in [2.45, 2.75) is 31.8 Å². The summed E-state index contributed by atoms with van der Waals surface area (Å²) in [5, 5.41) is 8.72. The lowest BCUT2D eigenvalue weighted by atomic mass is 10.1. The van der Waals surface area contributed by atoms with Crippen molar-refractivity contribution in [2.24, 2.45) is 5.92 Å². The van der Waals surface area contributed by atoms with Gasteiger partial charge in [0.15, 0.2) is 0 Å². The van der Waals surface area contributed by atoms with Crippen LogP contribution in [0.15, 0.2) is 18.3 Å². The Balaban J connectivity index is 1.46. The first-order valence-corrected chi connectivity index (χ1v) is 7.08. The molecule has 2 heterocycles. The monoisotopic (exact) mass is 257 g/mol. The van der Waals surface area contributed by atoms with Crippen LogP contribution in [0.2, 0.25) is 0 Å². The third-order valence-electron chi connectivity index (χ3n) is 3.90. The van der Waals surface area contributed by atoms with Crippen molar-refractivity contribution >= 4 is 0 Å². The van der Waals surface area contributed by atoms with Gasteiger partial charge in [-0.15, -0.1) is 0 Å². The minimum absolute atomic E-state index is 0.274. The quantitative estimate of drug-likeness (QED) is 0.829. The molecule has 0 amide bonds. The van der Waals surface area contributed by atoms with E-state index in [1.165, 1.54) is 19.4 Å². The van der Waals surface area contributed by atoms with Crippen molar-refractivity contribution < 1.29 is 4.74 Å². The molecule has 0 atom stereocenters. The normalized spacial score (nSPS) is 21.0. The molecule has 2 fully saturated rings. The van der Waals surface area contributed by atoms with Crippen molar-refractivity contribution in [3.63, 3.8) is 0 Å². The van der Waals surface area contributed by atoms with Crippen LogP contribution >= 0.6 is 0 Å². The van der Waals surface area contributed by atoms with E-state index in [1.54, 1.807) is 18.3 Å². The number of hydrogen-bond acceptors (Lipinski definition) is 4. The predicted molar refractivity (Wildman–Crippen MR) is 71.8 cm³/mol. The second kappa shape index (κ2) is 5.58. The van der Waals surface area contributed by atoms with Gasteiger partial charge in [0.05, 0.1) is 5.56 Å². The second-order valence-electron chi connectivity index (χ2n) is 5.56. The number of likely N-dealkylation sites (tertiary alicyclic amines) is 1. The standard InChI is InChI=1S/C15H19N3O/c16-9-13-3-4-15(17-10-13)19-14-5-7-18(8-6-14)11-12-1-2-12/h3-4,10,12,14H,1-2,5-8,11H2. The lowest BCUT2D eigenvalue weighted by Gasteiger charge is -2.31. The predicted octanol–water partition coefficient (Wildman–Crippen LogP) is 2.21. The summed E-state index contributed by atoms with van der Waals surface area (Å²) < 4.78 is 5.88. The van der Waals surface area contributed by atoms with E-state index in [9.17, 15) is 0 Å². The van der Waals surface area contributed by atoms with E-state index in [4.69, 9.17) is 10.00 Å². The molecule has 4 heteroatoms. The molecule has 1 aliphatic heterocycles. The van der Waals surface area contributed by atoms with Gasteiger partial charge in [0, 0.05) is 31.9 Å². The lowest BCUT2D eigenvalue weighted by Crippen LogP contribution is -2.39. The van der Waals surface area contributed by atoms with Gasteiger partial charge in [0.1, 0.15) is 12.2 Å². The van der Waals surface area contributed by atoms with Crippen LogP contribution in [-0.4, -0.2) is 35.6 Å². The first-order valence-electron chi connectivity index (χ1n) is 7.08.